The van der Waals surface area contributed by atoms with Crippen LogP contribution in [0.1, 0.15) is 16.7 Å². The minimum atomic E-state index is -3.81. The molecule has 2 N–H and O–H groups in total. The average Bonchev–Trinajstić information content (AvgIpc) is 2.67. The van der Waals surface area contributed by atoms with Crippen LogP contribution in [-0.4, -0.2) is 45.2 Å². The highest BCUT2D eigenvalue weighted by Gasteiger charge is 2.23. The Kier molecular flexibility index (Phi) is 7.35. The van der Waals surface area contributed by atoms with Gasteiger partial charge in [-0.2, -0.15) is 4.31 Å². The van der Waals surface area contributed by atoms with Gasteiger partial charge >= 0.3 is 0 Å². The number of benzene rings is 2. The van der Waals surface area contributed by atoms with Crippen molar-refractivity contribution < 1.29 is 22.7 Å². The first kappa shape index (κ1) is 22.4. The van der Waals surface area contributed by atoms with Crippen LogP contribution in [0.3, 0.4) is 0 Å². The fourth-order valence-electron chi connectivity index (χ4n) is 2.62. The number of hydrogen-bond acceptors (Lipinski definition) is 5. The van der Waals surface area contributed by atoms with Gasteiger partial charge in [-0.25, -0.2) is 8.42 Å². The Bertz CT molecular complexity index is 988. The van der Waals surface area contributed by atoms with Crippen LogP contribution in [0.5, 0.6) is 5.75 Å². The first-order chi connectivity index (χ1) is 13.6. The predicted octanol–water partition coefficient (Wildman–Crippen LogP) is 1.32. The molecule has 2 amide bonds. The molecule has 0 saturated heterocycles. The standard InChI is InChI=1S/C20H25N3O5S/c1-14-5-8-17(9-6-14)29(26,27)23(3)13-20(25)22-21-19(24)12-16-11-15(2)7-10-18(16)28-4/h5-11H,12-13H2,1-4H3,(H,21,24)(H,22,25). The van der Waals surface area contributed by atoms with E-state index in [2.05, 4.69) is 10.9 Å². The molecule has 29 heavy (non-hydrogen) atoms. The van der Waals surface area contributed by atoms with Crippen molar-refractivity contribution in [2.75, 3.05) is 20.7 Å². The maximum atomic E-state index is 12.5. The molecule has 0 aromatic heterocycles. The lowest BCUT2D eigenvalue weighted by Crippen LogP contribution is -2.47. The first-order valence-corrected chi connectivity index (χ1v) is 10.3. The summed E-state index contributed by atoms with van der Waals surface area (Å²) in [6, 6.07) is 11.8. The molecule has 0 saturated carbocycles. The van der Waals surface area contributed by atoms with Gasteiger partial charge in [0.25, 0.3) is 5.91 Å². The summed E-state index contributed by atoms with van der Waals surface area (Å²) in [6.07, 6.45) is 0.00262. The molecule has 2 rings (SSSR count). The predicted molar refractivity (Wildman–Crippen MR) is 109 cm³/mol. The van der Waals surface area contributed by atoms with Crippen LogP contribution in [0.15, 0.2) is 47.4 Å². The maximum Gasteiger partial charge on any atom is 0.253 e. The van der Waals surface area contributed by atoms with E-state index in [1.807, 2.05) is 26.0 Å². The number of carbonyl (C=O) groups is 2. The number of hydrogen-bond donors (Lipinski definition) is 2. The zero-order valence-electron chi connectivity index (χ0n) is 16.9. The summed E-state index contributed by atoms with van der Waals surface area (Å²) in [6.45, 7) is 3.31. The van der Waals surface area contributed by atoms with Gasteiger partial charge < -0.3 is 4.74 Å². The Balaban J connectivity index is 1.91. The van der Waals surface area contributed by atoms with Crippen LogP contribution in [-0.2, 0) is 26.0 Å². The Morgan fingerprint density at radius 2 is 1.55 bits per heavy atom. The third-order valence-electron chi connectivity index (χ3n) is 4.22. The summed E-state index contributed by atoms with van der Waals surface area (Å²) in [4.78, 5) is 24.3. The summed E-state index contributed by atoms with van der Waals surface area (Å²) in [5.74, 6) is -0.542. The second-order valence-electron chi connectivity index (χ2n) is 6.66. The minimum Gasteiger partial charge on any atom is -0.496 e. The largest absolute Gasteiger partial charge is 0.496 e. The third kappa shape index (κ3) is 6.03. The molecule has 0 spiro atoms. The Morgan fingerprint density at radius 1 is 0.966 bits per heavy atom. The number of nitrogens with zero attached hydrogens (tertiary/aromatic N) is 1. The number of hydrazine groups is 1. The number of ether oxygens (including phenoxy) is 1. The fraction of sp³-hybridized carbons (Fsp3) is 0.300. The van der Waals surface area contributed by atoms with E-state index in [-0.39, 0.29) is 11.3 Å². The van der Waals surface area contributed by atoms with Crippen molar-refractivity contribution in [1.29, 1.82) is 0 Å². The maximum absolute atomic E-state index is 12.5. The van der Waals surface area contributed by atoms with Crippen LogP contribution in [0.2, 0.25) is 0 Å². The monoisotopic (exact) mass is 419 g/mol. The van der Waals surface area contributed by atoms with Crippen LogP contribution < -0.4 is 15.6 Å². The van der Waals surface area contributed by atoms with Gasteiger partial charge in [0.15, 0.2) is 0 Å². The molecular formula is C20H25N3O5S. The second kappa shape index (κ2) is 9.53. The van der Waals surface area contributed by atoms with Crippen molar-refractivity contribution in [3.8, 4) is 5.75 Å². The van der Waals surface area contributed by atoms with E-state index >= 15 is 0 Å². The summed E-state index contributed by atoms with van der Waals surface area (Å²) in [5.41, 5.74) is 7.10. The van der Waals surface area contributed by atoms with Gasteiger partial charge in [-0.1, -0.05) is 35.4 Å². The van der Waals surface area contributed by atoms with Crippen LogP contribution in [0.25, 0.3) is 0 Å². The topological polar surface area (TPSA) is 105 Å². The van der Waals surface area contributed by atoms with E-state index in [4.69, 9.17) is 4.74 Å². The van der Waals surface area contributed by atoms with Gasteiger partial charge in [0.2, 0.25) is 15.9 Å². The minimum absolute atomic E-state index is 0.00262. The van der Waals surface area contributed by atoms with E-state index < -0.39 is 28.4 Å². The molecule has 0 heterocycles. The van der Waals surface area contributed by atoms with E-state index in [1.165, 1.54) is 26.3 Å². The number of aryl methyl sites for hydroxylation is 2. The van der Waals surface area contributed by atoms with E-state index in [0.717, 1.165) is 15.4 Å². The van der Waals surface area contributed by atoms with Crippen LogP contribution in [0.4, 0.5) is 0 Å². The van der Waals surface area contributed by atoms with Crippen molar-refractivity contribution in [3.05, 3.63) is 59.2 Å². The third-order valence-corrected chi connectivity index (χ3v) is 6.04. The summed E-state index contributed by atoms with van der Waals surface area (Å²) in [5, 5.41) is 0. The molecule has 2 aromatic carbocycles. The molecule has 0 aliphatic rings. The zero-order chi connectivity index (χ0) is 21.6. The quantitative estimate of drug-likeness (QED) is 0.659. The molecule has 8 nitrogen and oxygen atoms in total. The number of carbonyl (C=O) groups excluding carboxylic acids is 2. The van der Waals surface area contributed by atoms with Crippen molar-refractivity contribution in [2.24, 2.45) is 0 Å². The van der Waals surface area contributed by atoms with Crippen molar-refractivity contribution in [1.82, 2.24) is 15.2 Å². The number of rotatable bonds is 7. The highest BCUT2D eigenvalue weighted by atomic mass is 32.2. The molecule has 2 aromatic rings. The van der Waals surface area contributed by atoms with Crippen LogP contribution >= 0.6 is 0 Å². The van der Waals surface area contributed by atoms with E-state index in [9.17, 15) is 18.0 Å². The van der Waals surface area contributed by atoms with Crippen molar-refractivity contribution in [2.45, 2.75) is 25.2 Å². The van der Waals surface area contributed by atoms with E-state index in [0.29, 0.717) is 11.3 Å². The molecule has 0 aliphatic heterocycles. The lowest BCUT2D eigenvalue weighted by molar-refractivity contribution is -0.128. The second-order valence-corrected chi connectivity index (χ2v) is 8.71. The van der Waals surface area contributed by atoms with Gasteiger partial charge in [0.1, 0.15) is 5.75 Å². The van der Waals surface area contributed by atoms with Crippen molar-refractivity contribution in [3.63, 3.8) is 0 Å². The number of nitrogens with one attached hydrogen (secondary N) is 2. The number of sulfonamides is 1. The van der Waals surface area contributed by atoms with Gasteiger partial charge in [-0.05, 0) is 32.0 Å². The highest BCUT2D eigenvalue weighted by molar-refractivity contribution is 7.89. The van der Waals surface area contributed by atoms with Crippen molar-refractivity contribution >= 4 is 21.8 Å². The summed E-state index contributed by atoms with van der Waals surface area (Å²) < 4.78 is 31.2. The average molecular weight is 420 g/mol. The zero-order valence-corrected chi connectivity index (χ0v) is 17.7. The lowest BCUT2D eigenvalue weighted by atomic mass is 10.1. The number of methoxy groups -OCH3 is 1. The molecule has 9 heteroatoms. The normalized spacial score (nSPS) is 11.2. The number of amides is 2. The molecule has 0 bridgehead atoms. The van der Waals surface area contributed by atoms with Gasteiger partial charge in [-0.15, -0.1) is 0 Å². The van der Waals surface area contributed by atoms with Gasteiger partial charge in [-0.3, -0.25) is 20.4 Å². The highest BCUT2D eigenvalue weighted by Crippen LogP contribution is 2.20. The molecule has 0 unspecified atom stereocenters. The smallest absolute Gasteiger partial charge is 0.253 e. The number of likely N-dealkylation sites (N-methyl/N-ethyl adjacent to an activating group) is 1. The molecular weight excluding hydrogens is 394 g/mol. The lowest BCUT2D eigenvalue weighted by Gasteiger charge is -2.17. The summed E-state index contributed by atoms with van der Waals surface area (Å²) in [7, 11) is -0.997. The fourth-order valence-corrected chi connectivity index (χ4v) is 3.75. The van der Waals surface area contributed by atoms with Gasteiger partial charge in [0, 0.05) is 12.6 Å². The van der Waals surface area contributed by atoms with Gasteiger partial charge in [0.05, 0.1) is 25.0 Å². The van der Waals surface area contributed by atoms with Crippen LogP contribution in [0, 0.1) is 13.8 Å². The SMILES string of the molecule is COc1ccc(C)cc1CC(=O)NNC(=O)CN(C)S(=O)(=O)c1ccc(C)cc1. The molecule has 0 aliphatic carbocycles. The Hall–Kier alpha value is -2.91. The summed E-state index contributed by atoms with van der Waals surface area (Å²) >= 11 is 0. The molecule has 0 atom stereocenters. The van der Waals surface area contributed by atoms with E-state index in [1.54, 1.807) is 18.2 Å². The molecule has 156 valence electrons. The Labute approximate surface area is 170 Å². The molecule has 0 fully saturated rings. The Morgan fingerprint density at radius 3 is 2.17 bits per heavy atom. The molecule has 0 radical (unpaired) electrons. The first-order valence-electron chi connectivity index (χ1n) is 8.87.